The van der Waals surface area contributed by atoms with E-state index in [0.717, 1.165) is 16.7 Å². The monoisotopic (exact) mass is 420 g/mol. The minimum atomic E-state index is -0.647. The molecule has 4 rings (SSSR count). The van der Waals surface area contributed by atoms with E-state index < -0.39 is 11.7 Å². The molecule has 9 heteroatoms. The van der Waals surface area contributed by atoms with Crippen molar-refractivity contribution >= 4 is 39.8 Å². The van der Waals surface area contributed by atoms with Crippen LogP contribution in [0.2, 0.25) is 0 Å². The van der Waals surface area contributed by atoms with Gasteiger partial charge >= 0.3 is 0 Å². The number of carbonyl (C=O) groups is 1. The molecule has 7 nitrogen and oxygen atoms in total. The number of halogens is 1. The molecule has 0 aliphatic heterocycles. The molecule has 30 heavy (non-hydrogen) atoms. The number of hydrogen-bond acceptors (Lipinski definition) is 6. The number of allylic oxidation sites excluding steroid dienone is 1. The summed E-state index contributed by atoms with van der Waals surface area (Å²) in [6.07, 6.45) is 7.56. The van der Waals surface area contributed by atoms with E-state index in [1.807, 2.05) is 13.0 Å². The number of imidazole rings is 1. The zero-order valence-corrected chi connectivity index (χ0v) is 16.7. The number of benzene rings is 1. The van der Waals surface area contributed by atoms with Crippen molar-refractivity contribution in [3.8, 4) is 11.3 Å². The van der Waals surface area contributed by atoms with Gasteiger partial charge in [-0.2, -0.15) is 0 Å². The van der Waals surface area contributed by atoms with Gasteiger partial charge in [-0.3, -0.25) is 14.5 Å². The van der Waals surface area contributed by atoms with Crippen LogP contribution in [0, 0.1) is 18.2 Å². The van der Waals surface area contributed by atoms with Crippen LogP contribution >= 0.6 is 11.3 Å². The van der Waals surface area contributed by atoms with Crippen LogP contribution in [0.3, 0.4) is 0 Å². The molecule has 0 spiro atoms. The largest absolute Gasteiger partial charge is 0.404 e. The van der Waals surface area contributed by atoms with E-state index in [-0.39, 0.29) is 5.56 Å². The molecular weight excluding hydrogens is 403 g/mol. The topological polar surface area (TPSA) is 109 Å². The molecule has 0 atom stereocenters. The Bertz CT molecular complexity index is 1310. The molecule has 0 unspecified atom stereocenters. The van der Waals surface area contributed by atoms with E-state index in [1.54, 1.807) is 35.1 Å². The highest BCUT2D eigenvalue weighted by molar-refractivity contribution is 7.15. The Morgan fingerprint density at radius 2 is 2.10 bits per heavy atom. The Morgan fingerprint density at radius 1 is 1.27 bits per heavy atom. The maximum atomic E-state index is 14.8. The van der Waals surface area contributed by atoms with Gasteiger partial charge in [0.1, 0.15) is 11.5 Å². The number of nitrogens with one attached hydrogen (secondary N) is 2. The molecule has 0 saturated heterocycles. The molecule has 0 fully saturated rings. The van der Waals surface area contributed by atoms with Crippen molar-refractivity contribution in [2.45, 2.75) is 6.92 Å². The number of nitrogens with zero attached hydrogens (tertiary/aromatic N) is 3. The van der Waals surface area contributed by atoms with E-state index in [4.69, 9.17) is 11.1 Å². The fraction of sp³-hybridized carbons (Fsp3) is 0.0476. The number of thiazole rings is 1. The first kappa shape index (κ1) is 19.5. The number of aromatic nitrogens is 3. The lowest BCUT2D eigenvalue weighted by atomic mass is 10.1. The lowest BCUT2D eigenvalue weighted by Crippen LogP contribution is -2.13. The van der Waals surface area contributed by atoms with Gasteiger partial charge in [-0.1, -0.05) is 6.07 Å². The summed E-state index contributed by atoms with van der Waals surface area (Å²) in [4.78, 5) is 21.7. The van der Waals surface area contributed by atoms with Crippen LogP contribution in [0.25, 0.3) is 22.5 Å². The zero-order chi connectivity index (χ0) is 21.3. The van der Waals surface area contributed by atoms with Crippen LogP contribution in [0.15, 0.2) is 55.1 Å². The first-order valence-corrected chi connectivity index (χ1v) is 9.75. The third-order valence-corrected chi connectivity index (χ3v) is 5.35. The average Bonchev–Trinajstić information content (AvgIpc) is 3.34. The van der Waals surface area contributed by atoms with Crippen molar-refractivity contribution in [3.05, 3.63) is 76.9 Å². The van der Waals surface area contributed by atoms with Gasteiger partial charge in [0.05, 0.1) is 17.5 Å². The molecular formula is C21H17FN6OS. The minimum Gasteiger partial charge on any atom is -0.404 e. The molecule has 0 saturated carbocycles. The van der Waals surface area contributed by atoms with Gasteiger partial charge < -0.3 is 11.1 Å². The van der Waals surface area contributed by atoms with Crippen LogP contribution in [0.1, 0.15) is 20.8 Å². The summed E-state index contributed by atoms with van der Waals surface area (Å²) < 4.78 is 16.5. The number of aryl methyl sites for hydroxylation is 1. The van der Waals surface area contributed by atoms with Crippen molar-refractivity contribution in [1.82, 2.24) is 14.4 Å². The standard InChI is InChI=1S/C21H17FN6OS/c1-12-9-26-21(30-12)27-20(29)16-4-2-13(6-17(16)22)18-10-25-19-5-3-14(11-28(18)19)15(7-23)8-24/h2-11,23H,24H2,1H3,(H,26,27,29). The van der Waals surface area contributed by atoms with Gasteiger partial charge in [0.25, 0.3) is 5.91 Å². The van der Waals surface area contributed by atoms with Crippen LogP contribution in [0.5, 0.6) is 0 Å². The van der Waals surface area contributed by atoms with Gasteiger partial charge in [0, 0.05) is 46.4 Å². The third kappa shape index (κ3) is 3.58. The lowest BCUT2D eigenvalue weighted by molar-refractivity contribution is 0.102. The highest BCUT2D eigenvalue weighted by Crippen LogP contribution is 2.25. The molecule has 0 bridgehead atoms. The Balaban J connectivity index is 1.68. The number of hydrogen-bond donors (Lipinski definition) is 3. The number of nitrogens with two attached hydrogens (primary N) is 1. The van der Waals surface area contributed by atoms with Gasteiger partial charge in [-0.05, 0) is 31.2 Å². The smallest absolute Gasteiger partial charge is 0.260 e. The van der Waals surface area contributed by atoms with E-state index in [2.05, 4.69) is 15.3 Å². The zero-order valence-electron chi connectivity index (χ0n) is 15.9. The number of amides is 1. The second kappa shape index (κ2) is 7.88. The number of fused-ring (bicyclic) bond motifs is 1. The van der Waals surface area contributed by atoms with Crippen LogP contribution in [-0.4, -0.2) is 26.5 Å². The second-order valence-electron chi connectivity index (χ2n) is 6.48. The summed E-state index contributed by atoms with van der Waals surface area (Å²) in [5, 5.41) is 10.5. The van der Waals surface area contributed by atoms with Gasteiger partial charge in [-0.15, -0.1) is 11.3 Å². The highest BCUT2D eigenvalue weighted by Gasteiger charge is 2.16. The van der Waals surface area contributed by atoms with E-state index >= 15 is 0 Å². The number of carbonyl (C=O) groups excluding carboxylic acids is 1. The molecule has 150 valence electrons. The first-order valence-electron chi connectivity index (χ1n) is 8.93. The van der Waals surface area contributed by atoms with Crippen LogP contribution in [-0.2, 0) is 0 Å². The fourth-order valence-electron chi connectivity index (χ4n) is 3.03. The van der Waals surface area contributed by atoms with Gasteiger partial charge in [0.2, 0.25) is 0 Å². The summed E-state index contributed by atoms with van der Waals surface area (Å²) in [6, 6.07) is 8.00. The molecule has 4 N–H and O–H groups in total. The van der Waals surface area contributed by atoms with Crippen molar-refractivity contribution in [3.63, 3.8) is 0 Å². The molecule has 4 aromatic rings. The quantitative estimate of drug-likeness (QED) is 0.422. The molecule has 0 radical (unpaired) electrons. The van der Waals surface area contributed by atoms with Crippen molar-refractivity contribution in [2.24, 2.45) is 5.73 Å². The SMILES string of the molecule is Cc1cnc(NC(=O)c2ccc(-c3cnc4ccc(C(C=N)=CN)cn34)cc2F)s1. The predicted octanol–water partition coefficient (Wildman–Crippen LogP) is 4.11. The summed E-state index contributed by atoms with van der Waals surface area (Å²) >= 11 is 1.32. The van der Waals surface area contributed by atoms with Crippen molar-refractivity contribution in [1.29, 1.82) is 5.41 Å². The van der Waals surface area contributed by atoms with Gasteiger partial charge in [0.15, 0.2) is 5.13 Å². The van der Waals surface area contributed by atoms with E-state index in [0.29, 0.717) is 27.6 Å². The lowest BCUT2D eigenvalue weighted by Gasteiger charge is -2.08. The molecule has 1 aromatic carbocycles. The third-order valence-electron chi connectivity index (χ3n) is 4.53. The molecule has 3 aromatic heterocycles. The Kier molecular flexibility index (Phi) is 5.11. The maximum Gasteiger partial charge on any atom is 0.260 e. The minimum absolute atomic E-state index is 0.0710. The van der Waals surface area contributed by atoms with E-state index in [9.17, 15) is 9.18 Å². The molecule has 1 amide bonds. The molecule has 3 heterocycles. The molecule has 0 aliphatic carbocycles. The summed E-state index contributed by atoms with van der Waals surface area (Å²) in [7, 11) is 0. The maximum absolute atomic E-state index is 14.8. The Labute approximate surface area is 175 Å². The van der Waals surface area contributed by atoms with Crippen molar-refractivity contribution < 1.29 is 9.18 Å². The highest BCUT2D eigenvalue weighted by atomic mass is 32.1. The van der Waals surface area contributed by atoms with Gasteiger partial charge in [-0.25, -0.2) is 14.4 Å². The number of anilines is 1. The van der Waals surface area contributed by atoms with Crippen LogP contribution < -0.4 is 11.1 Å². The number of pyridine rings is 1. The summed E-state index contributed by atoms with van der Waals surface area (Å²) in [5.74, 6) is -1.20. The van der Waals surface area contributed by atoms with Crippen molar-refractivity contribution in [2.75, 3.05) is 5.32 Å². The Hall–Kier alpha value is -3.85. The normalized spacial score (nSPS) is 11.6. The van der Waals surface area contributed by atoms with Crippen LogP contribution in [0.4, 0.5) is 9.52 Å². The average molecular weight is 420 g/mol. The predicted molar refractivity (Wildman–Crippen MR) is 116 cm³/mol. The summed E-state index contributed by atoms with van der Waals surface area (Å²) in [5.41, 5.74) is 8.66. The first-order chi connectivity index (χ1) is 14.5. The summed E-state index contributed by atoms with van der Waals surface area (Å²) in [6.45, 7) is 1.87. The van der Waals surface area contributed by atoms with E-state index in [1.165, 1.54) is 29.7 Å². The molecule has 0 aliphatic rings. The Morgan fingerprint density at radius 3 is 2.77 bits per heavy atom. The second-order valence-corrected chi connectivity index (χ2v) is 7.72. The number of rotatable bonds is 5. The fourth-order valence-corrected chi connectivity index (χ4v) is 3.69.